The fourth-order valence-electron chi connectivity index (χ4n) is 3.14. The van der Waals surface area contributed by atoms with E-state index in [4.69, 9.17) is 9.15 Å². The molecule has 0 aliphatic carbocycles. The second kappa shape index (κ2) is 7.57. The summed E-state index contributed by atoms with van der Waals surface area (Å²) in [6.07, 6.45) is 5.70. The van der Waals surface area contributed by atoms with Crippen LogP contribution in [0.3, 0.4) is 0 Å². The van der Waals surface area contributed by atoms with E-state index >= 15 is 0 Å². The number of hydrogen-bond acceptors (Lipinski definition) is 5. The van der Waals surface area contributed by atoms with Gasteiger partial charge in [0.25, 0.3) is 0 Å². The maximum atomic E-state index is 13.9. The van der Waals surface area contributed by atoms with Crippen molar-refractivity contribution in [2.24, 2.45) is 0 Å². The van der Waals surface area contributed by atoms with Gasteiger partial charge in [0.05, 0.1) is 18.0 Å². The lowest BCUT2D eigenvalue weighted by Crippen LogP contribution is -2.39. The molecule has 2 aromatic heterocycles. The van der Waals surface area contributed by atoms with E-state index in [-0.39, 0.29) is 17.8 Å². The molecule has 3 aromatic rings. The molecule has 1 amide bonds. The maximum Gasteiger partial charge on any atom is 0.415 e. The number of ether oxygens (including phenoxy) is 1. The maximum absolute atomic E-state index is 13.9. The van der Waals surface area contributed by atoms with Crippen molar-refractivity contribution < 1.29 is 18.3 Å². The summed E-state index contributed by atoms with van der Waals surface area (Å²) in [5.41, 5.74) is 0.397. The van der Waals surface area contributed by atoms with E-state index in [1.807, 2.05) is 0 Å². The first kappa shape index (κ1) is 17.2. The van der Waals surface area contributed by atoms with Crippen molar-refractivity contribution in [3.8, 4) is 17.1 Å². The van der Waals surface area contributed by atoms with Crippen LogP contribution in [0.15, 0.2) is 59.4 Å². The Bertz CT molecular complexity index is 921. The number of aromatic nitrogens is 2. The predicted octanol–water partition coefficient (Wildman–Crippen LogP) is 4.25. The number of rotatable bonds is 3. The number of likely N-dealkylation sites (tertiary alicyclic amines) is 1. The minimum absolute atomic E-state index is 0.0907. The van der Waals surface area contributed by atoms with Gasteiger partial charge in [-0.1, -0.05) is 12.1 Å². The first-order chi connectivity index (χ1) is 13.2. The van der Waals surface area contributed by atoms with Crippen LogP contribution in [0.1, 0.15) is 24.7 Å². The minimum Gasteiger partial charge on any atom is -0.440 e. The lowest BCUT2D eigenvalue weighted by molar-refractivity contribution is 0.136. The molecule has 138 valence electrons. The summed E-state index contributed by atoms with van der Waals surface area (Å²) >= 11 is 0. The van der Waals surface area contributed by atoms with E-state index in [1.165, 1.54) is 12.3 Å². The van der Waals surface area contributed by atoms with E-state index in [1.54, 1.807) is 47.6 Å². The lowest BCUT2D eigenvalue weighted by atomic mass is 9.97. The van der Waals surface area contributed by atoms with Crippen LogP contribution in [0.4, 0.5) is 9.18 Å². The zero-order valence-electron chi connectivity index (χ0n) is 14.5. The Labute approximate surface area is 155 Å². The molecule has 0 spiro atoms. The Hall–Kier alpha value is -3.22. The normalized spacial score (nSPS) is 14.9. The number of piperidine rings is 1. The first-order valence-corrected chi connectivity index (χ1v) is 8.78. The van der Waals surface area contributed by atoms with E-state index in [9.17, 15) is 9.18 Å². The molecule has 0 bridgehead atoms. The van der Waals surface area contributed by atoms with E-state index < -0.39 is 0 Å². The highest BCUT2D eigenvalue weighted by atomic mass is 19.1. The van der Waals surface area contributed by atoms with Crippen LogP contribution in [0.25, 0.3) is 11.3 Å². The highest BCUT2D eigenvalue weighted by Gasteiger charge is 2.28. The molecule has 6 nitrogen and oxygen atoms in total. The second-order valence-corrected chi connectivity index (χ2v) is 6.36. The summed E-state index contributed by atoms with van der Waals surface area (Å²) in [6.45, 7) is 1.09. The Morgan fingerprint density at radius 1 is 1.15 bits per heavy atom. The zero-order chi connectivity index (χ0) is 18.6. The molecule has 1 aliphatic rings. The quantitative estimate of drug-likeness (QED) is 0.692. The monoisotopic (exact) mass is 367 g/mol. The molecule has 0 N–H and O–H groups in total. The molecule has 7 heteroatoms. The Balaban J connectivity index is 1.37. The first-order valence-electron chi connectivity index (χ1n) is 8.78. The van der Waals surface area contributed by atoms with Crippen LogP contribution in [-0.4, -0.2) is 34.1 Å². The van der Waals surface area contributed by atoms with Gasteiger partial charge in [0.2, 0.25) is 0 Å². The van der Waals surface area contributed by atoms with Gasteiger partial charge >= 0.3 is 6.09 Å². The fourth-order valence-corrected chi connectivity index (χ4v) is 3.14. The Kier molecular flexibility index (Phi) is 4.82. The molecule has 3 heterocycles. The number of carbonyl (C=O) groups excluding carboxylic acids is 1. The fraction of sp³-hybridized carbons (Fsp3) is 0.250. The number of amides is 1. The van der Waals surface area contributed by atoms with Crippen molar-refractivity contribution in [2.75, 3.05) is 13.1 Å². The van der Waals surface area contributed by atoms with Gasteiger partial charge in [0.1, 0.15) is 5.82 Å². The van der Waals surface area contributed by atoms with Gasteiger partial charge in [-0.3, -0.25) is 4.98 Å². The molecular formula is C20H18FN3O3. The van der Waals surface area contributed by atoms with Gasteiger partial charge in [0, 0.05) is 25.2 Å². The molecule has 1 aromatic carbocycles. The van der Waals surface area contributed by atoms with Gasteiger partial charge < -0.3 is 14.1 Å². The van der Waals surface area contributed by atoms with Crippen molar-refractivity contribution in [2.45, 2.75) is 18.8 Å². The molecule has 27 heavy (non-hydrogen) atoms. The molecule has 0 unspecified atom stereocenters. The number of carbonyl (C=O) groups is 1. The van der Waals surface area contributed by atoms with Crippen molar-refractivity contribution in [1.82, 2.24) is 14.9 Å². The van der Waals surface area contributed by atoms with Gasteiger partial charge in [0.15, 0.2) is 17.4 Å². The van der Waals surface area contributed by atoms with E-state index in [0.29, 0.717) is 48.9 Å². The van der Waals surface area contributed by atoms with Gasteiger partial charge in [-0.25, -0.2) is 14.2 Å². The Morgan fingerprint density at radius 3 is 2.70 bits per heavy atom. The number of benzene rings is 1. The largest absolute Gasteiger partial charge is 0.440 e. The van der Waals surface area contributed by atoms with Crippen molar-refractivity contribution >= 4 is 6.09 Å². The molecular weight excluding hydrogens is 349 g/mol. The number of hydrogen-bond donors (Lipinski definition) is 0. The van der Waals surface area contributed by atoms with Crippen molar-refractivity contribution in [3.63, 3.8) is 0 Å². The summed E-state index contributed by atoms with van der Waals surface area (Å²) in [4.78, 5) is 22.1. The van der Waals surface area contributed by atoms with Gasteiger partial charge in [-0.2, -0.15) is 0 Å². The lowest BCUT2D eigenvalue weighted by Gasteiger charge is -2.29. The number of halogens is 1. The average molecular weight is 367 g/mol. The van der Waals surface area contributed by atoms with Gasteiger partial charge in [-0.05, 0) is 37.1 Å². The Morgan fingerprint density at radius 2 is 1.96 bits per heavy atom. The van der Waals surface area contributed by atoms with Crippen LogP contribution < -0.4 is 4.74 Å². The third kappa shape index (κ3) is 3.81. The smallest absolute Gasteiger partial charge is 0.415 e. The summed E-state index contributed by atoms with van der Waals surface area (Å²) in [7, 11) is 0. The summed E-state index contributed by atoms with van der Waals surface area (Å²) in [5.74, 6) is 1.17. The van der Waals surface area contributed by atoms with Crippen LogP contribution >= 0.6 is 0 Å². The van der Waals surface area contributed by atoms with Gasteiger partial charge in [-0.15, -0.1) is 0 Å². The average Bonchev–Trinajstić information content (AvgIpc) is 3.19. The van der Waals surface area contributed by atoms with Crippen LogP contribution in [0.2, 0.25) is 0 Å². The number of nitrogens with zero attached hydrogens (tertiary/aromatic N) is 3. The van der Waals surface area contributed by atoms with Crippen LogP contribution in [0, 0.1) is 5.82 Å². The molecule has 0 atom stereocenters. The molecule has 0 radical (unpaired) electrons. The van der Waals surface area contributed by atoms with E-state index in [0.717, 1.165) is 0 Å². The summed E-state index contributed by atoms with van der Waals surface area (Å²) in [5, 5.41) is 0. The molecule has 4 rings (SSSR count). The SMILES string of the molecule is O=C(Oc1cccnc1)N1CCC(c2ncc(-c3ccccc3F)o2)CC1. The third-order valence-electron chi connectivity index (χ3n) is 4.60. The third-order valence-corrected chi connectivity index (χ3v) is 4.60. The van der Waals surface area contributed by atoms with Crippen molar-refractivity contribution in [1.29, 1.82) is 0 Å². The highest BCUT2D eigenvalue weighted by molar-refractivity contribution is 5.70. The molecule has 1 aliphatic heterocycles. The number of pyridine rings is 1. The van der Waals surface area contributed by atoms with Crippen LogP contribution in [-0.2, 0) is 0 Å². The van der Waals surface area contributed by atoms with Crippen LogP contribution in [0.5, 0.6) is 5.75 Å². The topological polar surface area (TPSA) is 68.5 Å². The standard InChI is InChI=1S/C20H18FN3O3/c21-17-6-2-1-5-16(17)18-13-23-19(27-18)14-7-10-24(11-8-14)20(25)26-15-4-3-9-22-12-15/h1-6,9,12-14H,7-8,10-11H2. The molecule has 0 saturated carbocycles. The highest BCUT2D eigenvalue weighted by Crippen LogP contribution is 2.31. The minimum atomic E-state index is -0.388. The molecule has 1 saturated heterocycles. The summed E-state index contributed by atoms with van der Waals surface area (Å²) in [6, 6.07) is 9.85. The second-order valence-electron chi connectivity index (χ2n) is 6.36. The van der Waals surface area contributed by atoms with Crippen molar-refractivity contribution in [3.05, 3.63) is 66.7 Å². The zero-order valence-corrected chi connectivity index (χ0v) is 14.5. The van der Waals surface area contributed by atoms with E-state index in [2.05, 4.69) is 9.97 Å². The molecule has 1 fully saturated rings. The number of oxazole rings is 1. The predicted molar refractivity (Wildman–Crippen MR) is 95.7 cm³/mol. The summed E-state index contributed by atoms with van der Waals surface area (Å²) < 4.78 is 25.0.